The van der Waals surface area contributed by atoms with Crippen molar-refractivity contribution in [2.75, 3.05) is 5.32 Å². The van der Waals surface area contributed by atoms with Crippen LogP contribution in [0.2, 0.25) is 5.02 Å². The lowest BCUT2D eigenvalue weighted by atomic mass is 10.1. The molecule has 0 saturated carbocycles. The van der Waals surface area contributed by atoms with E-state index in [-0.39, 0.29) is 5.91 Å². The number of benzene rings is 3. The minimum Gasteiger partial charge on any atom is -0.489 e. The Bertz CT molecular complexity index is 945. The van der Waals surface area contributed by atoms with Gasteiger partial charge >= 0.3 is 0 Å². The number of ether oxygens (including phenoxy) is 1. The second-order valence-corrected chi connectivity index (χ2v) is 6.02. The molecule has 0 spiro atoms. The Kier molecular flexibility index (Phi) is 5.52. The highest BCUT2D eigenvalue weighted by molar-refractivity contribution is 6.30. The van der Waals surface area contributed by atoms with Crippen LogP contribution < -0.4 is 10.1 Å². The zero-order valence-electron chi connectivity index (χ0n) is 13.8. The highest BCUT2D eigenvalue weighted by atomic mass is 35.5. The molecule has 0 aliphatic heterocycles. The van der Waals surface area contributed by atoms with E-state index in [1.807, 2.05) is 30.3 Å². The van der Waals surface area contributed by atoms with Crippen LogP contribution in [0, 0.1) is 11.3 Å². The molecule has 1 amide bonds. The number of amides is 1. The summed E-state index contributed by atoms with van der Waals surface area (Å²) in [6.45, 7) is 0.434. The Morgan fingerprint density at radius 1 is 1.04 bits per heavy atom. The highest BCUT2D eigenvalue weighted by Crippen LogP contribution is 2.18. The first-order valence-electron chi connectivity index (χ1n) is 7.93. The molecule has 3 aromatic rings. The van der Waals surface area contributed by atoms with Gasteiger partial charge < -0.3 is 10.1 Å². The number of carbonyl (C=O) groups is 1. The number of nitrogens with zero attached hydrogens (tertiary/aromatic N) is 1. The fourth-order valence-corrected chi connectivity index (χ4v) is 2.44. The van der Waals surface area contributed by atoms with Crippen LogP contribution in [0.5, 0.6) is 5.75 Å². The quantitative estimate of drug-likeness (QED) is 0.691. The molecule has 26 heavy (non-hydrogen) atoms. The molecular weight excluding hydrogens is 348 g/mol. The maximum Gasteiger partial charge on any atom is 0.255 e. The molecule has 0 saturated heterocycles. The summed E-state index contributed by atoms with van der Waals surface area (Å²) >= 11 is 5.86. The molecule has 128 valence electrons. The van der Waals surface area contributed by atoms with Gasteiger partial charge in [-0.2, -0.15) is 5.26 Å². The molecule has 0 bridgehead atoms. The van der Waals surface area contributed by atoms with Gasteiger partial charge in [-0.05, 0) is 60.2 Å². The third-order valence-corrected chi connectivity index (χ3v) is 3.94. The first-order chi connectivity index (χ1) is 12.6. The Morgan fingerprint density at radius 2 is 1.77 bits per heavy atom. The van der Waals surface area contributed by atoms with Gasteiger partial charge in [-0.25, -0.2) is 0 Å². The Morgan fingerprint density at radius 3 is 2.46 bits per heavy atom. The van der Waals surface area contributed by atoms with Crippen LogP contribution in [0.1, 0.15) is 21.5 Å². The average Bonchev–Trinajstić information content (AvgIpc) is 2.68. The Balaban J connectivity index is 1.59. The highest BCUT2D eigenvalue weighted by Gasteiger charge is 2.07. The maximum atomic E-state index is 12.2. The summed E-state index contributed by atoms with van der Waals surface area (Å²) in [6.07, 6.45) is 0. The van der Waals surface area contributed by atoms with Crippen molar-refractivity contribution in [3.05, 3.63) is 94.5 Å². The van der Waals surface area contributed by atoms with Crippen LogP contribution in [0.4, 0.5) is 5.69 Å². The second kappa shape index (κ2) is 8.19. The monoisotopic (exact) mass is 362 g/mol. The minimum absolute atomic E-state index is 0.267. The van der Waals surface area contributed by atoms with E-state index in [4.69, 9.17) is 21.6 Å². The number of rotatable bonds is 5. The Labute approximate surface area is 156 Å². The average molecular weight is 363 g/mol. The molecular formula is C21H15ClN2O2. The molecule has 0 heterocycles. The van der Waals surface area contributed by atoms with E-state index in [1.165, 1.54) is 0 Å². The molecule has 0 aliphatic carbocycles. The lowest BCUT2D eigenvalue weighted by Crippen LogP contribution is -2.11. The van der Waals surface area contributed by atoms with Crippen molar-refractivity contribution < 1.29 is 9.53 Å². The van der Waals surface area contributed by atoms with Crippen molar-refractivity contribution in [3.63, 3.8) is 0 Å². The topological polar surface area (TPSA) is 62.1 Å². The van der Waals surface area contributed by atoms with Gasteiger partial charge in [0.05, 0.1) is 11.6 Å². The first kappa shape index (κ1) is 17.5. The summed E-state index contributed by atoms with van der Waals surface area (Å²) in [5, 5.41) is 12.4. The van der Waals surface area contributed by atoms with Crippen molar-refractivity contribution >= 4 is 23.2 Å². The van der Waals surface area contributed by atoms with Gasteiger partial charge in [0.1, 0.15) is 12.4 Å². The Hall–Kier alpha value is -3.29. The molecule has 0 aliphatic rings. The van der Waals surface area contributed by atoms with Crippen LogP contribution >= 0.6 is 11.6 Å². The molecule has 3 aromatic carbocycles. The predicted octanol–water partition coefficient (Wildman–Crippen LogP) is 5.04. The van der Waals surface area contributed by atoms with Gasteiger partial charge in [-0.1, -0.05) is 29.8 Å². The van der Waals surface area contributed by atoms with Crippen LogP contribution in [-0.4, -0.2) is 5.91 Å². The summed E-state index contributed by atoms with van der Waals surface area (Å²) in [5.41, 5.74) is 2.55. The number of carbonyl (C=O) groups excluding carboxylic acids is 1. The summed E-state index contributed by atoms with van der Waals surface area (Å²) in [6, 6.07) is 23.1. The summed E-state index contributed by atoms with van der Waals surface area (Å²) in [7, 11) is 0. The normalized spacial score (nSPS) is 10.0. The third kappa shape index (κ3) is 4.62. The van der Waals surface area contributed by atoms with Crippen LogP contribution in [0.3, 0.4) is 0 Å². The van der Waals surface area contributed by atoms with Gasteiger partial charge in [-0.3, -0.25) is 4.79 Å². The number of anilines is 1. The zero-order valence-corrected chi connectivity index (χ0v) is 14.5. The maximum absolute atomic E-state index is 12.2. The third-order valence-electron chi connectivity index (χ3n) is 3.68. The van der Waals surface area contributed by atoms with Crippen molar-refractivity contribution in [1.29, 1.82) is 5.26 Å². The SMILES string of the molecule is N#Cc1cccc(C(=O)Nc2ccc(OCc3ccc(Cl)cc3)cc2)c1. The van der Waals surface area contributed by atoms with Crippen molar-refractivity contribution in [2.24, 2.45) is 0 Å². The predicted molar refractivity (Wildman–Crippen MR) is 101 cm³/mol. The number of halogens is 1. The van der Waals surface area contributed by atoms with Gasteiger partial charge in [0, 0.05) is 16.3 Å². The number of hydrogen-bond donors (Lipinski definition) is 1. The zero-order chi connectivity index (χ0) is 18.4. The minimum atomic E-state index is -0.267. The van der Waals surface area contributed by atoms with E-state index in [0.29, 0.717) is 34.2 Å². The fraction of sp³-hybridized carbons (Fsp3) is 0.0476. The standard InChI is InChI=1S/C21H15ClN2O2/c22-18-6-4-15(5-7-18)14-26-20-10-8-19(9-11-20)24-21(25)17-3-1-2-16(12-17)13-23/h1-12H,14H2,(H,24,25). The van der Waals surface area contributed by atoms with E-state index < -0.39 is 0 Å². The van der Waals surface area contributed by atoms with Crippen LogP contribution in [0.15, 0.2) is 72.8 Å². The van der Waals surface area contributed by atoms with Gasteiger partial charge in [0.2, 0.25) is 0 Å². The molecule has 0 unspecified atom stereocenters. The lowest BCUT2D eigenvalue weighted by molar-refractivity contribution is 0.102. The fourth-order valence-electron chi connectivity index (χ4n) is 2.32. The molecule has 0 atom stereocenters. The number of nitrogens with one attached hydrogen (secondary N) is 1. The summed E-state index contributed by atoms with van der Waals surface area (Å²) < 4.78 is 5.71. The van der Waals surface area contributed by atoms with Crippen LogP contribution in [0.25, 0.3) is 0 Å². The van der Waals surface area contributed by atoms with Crippen molar-refractivity contribution in [1.82, 2.24) is 0 Å². The van der Waals surface area contributed by atoms with E-state index >= 15 is 0 Å². The number of hydrogen-bond acceptors (Lipinski definition) is 3. The number of nitriles is 1. The second-order valence-electron chi connectivity index (χ2n) is 5.59. The summed E-state index contributed by atoms with van der Waals surface area (Å²) in [5.74, 6) is 0.432. The van der Waals surface area contributed by atoms with E-state index in [0.717, 1.165) is 5.56 Å². The molecule has 0 aromatic heterocycles. The van der Waals surface area contributed by atoms with E-state index in [1.54, 1.807) is 48.5 Å². The lowest BCUT2D eigenvalue weighted by Gasteiger charge is -2.09. The largest absolute Gasteiger partial charge is 0.489 e. The molecule has 3 rings (SSSR count). The van der Waals surface area contributed by atoms with Gasteiger partial charge in [-0.15, -0.1) is 0 Å². The van der Waals surface area contributed by atoms with E-state index in [2.05, 4.69) is 5.32 Å². The molecule has 1 N–H and O–H groups in total. The smallest absolute Gasteiger partial charge is 0.255 e. The molecule has 4 nitrogen and oxygen atoms in total. The molecule has 0 radical (unpaired) electrons. The van der Waals surface area contributed by atoms with Gasteiger partial charge in [0.25, 0.3) is 5.91 Å². The van der Waals surface area contributed by atoms with E-state index in [9.17, 15) is 4.79 Å². The molecule has 0 fully saturated rings. The summed E-state index contributed by atoms with van der Waals surface area (Å²) in [4.78, 5) is 12.2. The van der Waals surface area contributed by atoms with Crippen molar-refractivity contribution in [2.45, 2.75) is 6.61 Å². The molecule has 5 heteroatoms. The van der Waals surface area contributed by atoms with Gasteiger partial charge in [0.15, 0.2) is 0 Å². The van der Waals surface area contributed by atoms with Crippen LogP contribution in [-0.2, 0) is 6.61 Å². The van der Waals surface area contributed by atoms with Crippen molar-refractivity contribution in [3.8, 4) is 11.8 Å². The first-order valence-corrected chi connectivity index (χ1v) is 8.31.